The van der Waals surface area contributed by atoms with Crippen molar-refractivity contribution >= 4 is 71.8 Å². The molecule has 0 saturated carbocycles. The van der Waals surface area contributed by atoms with Crippen LogP contribution in [0.5, 0.6) is 40.2 Å². The summed E-state index contributed by atoms with van der Waals surface area (Å²) in [6.07, 6.45) is 24.5. The summed E-state index contributed by atoms with van der Waals surface area (Å²) in [7, 11) is 0. The third-order valence-corrected chi connectivity index (χ3v) is 20.0. The van der Waals surface area contributed by atoms with E-state index < -0.39 is 0 Å². The van der Waals surface area contributed by atoms with Crippen molar-refractivity contribution in [3.05, 3.63) is 396 Å². The summed E-state index contributed by atoms with van der Waals surface area (Å²) in [6.45, 7) is 2.03. The fraction of sp³-hybridized carbons (Fsp3) is 0.0102. The average molecular weight is 1560 g/mol. The number of pyridine rings is 7. The molecule has 0 saturated heterocycles. The van der Waals surface area contributed by atoms with Gasteiger partial charge in [0.15, 0.2) is 11.4 Å². The Morgan fingerprint density at radius 3 is 1.27 bits per heavy atom. The molecule has 0 aliphatic carbocycles. The van der Waals surface area contributed by atoms with Gasteiger partial charge in [0.1, 0.15) is 62.7 Å². The molecule has 0 amide bonds. The van der Waals surface area contributed by atoms with E-state index in [4.69, 9.17) is 0 Å². The molecule has 119 heavy (non-hydrogen) atoms. The zero-order valence-corrected chi connectivity index (χ0v) is 63.8. The Balaban J connectivity index is 0.000000100. The van der Waals surface area contributed by atoms with E-state index in [1.165, 1.54) is 5.39 Å². The van der Waals surface area contributed by atoms with Crippen LogP contribution in [0.3, 0.4) is 0 Å². The van der Waals surface area contributed by atoms with Crippen molar-refractivity contribution in [2.45, 2.75) is 6.92 Å². The van der Waals surface area contributed by atoms with Gasteiger partial charge in [-0.1, -0.05) is 152 Å². The molecule has 23 rings (SSSR count). The van der Waals surface area contributed by atoms with Crippen LogP contribution in [-0.2, 0) is 0 Å². The van der Waals surface area contributed by atoms with Crippen LogP contribution in [0.2, 0.25) is 0 Å². The standard InChI is InChI=1S/3C17H12N2O.C14H12N2O.2C13H10N2O.C7H6N2O/c20-16-8-4-2-6-13(16)14-11-19-15-7-3-1-5-12(15)9-10-17(19)18-14;20-15-9-8-12-5-1-2-6-13(12)17(15)14-11-19-10-4-3-7-16(19)18-14;20-16-10-13-6-2-1-5-12(13)9-14(16)15-11-19-8-4-3-7-17(19)18-15;1-10-5-4-8-14-15-12(9-16(10)14)11-6-2-3-7-13(11)17;16-12-7-2-1-5-10(12)13-11-6-3-4-8-15(11)9-14-13;16-12-6-2-1-5-10(12)11-9-15-8-4-3-7-13(15)14-11;10-6-2-1-4-9-5-3-8-7(6)9/h3*1-11,20H;2-9,17H,1H3;2*1-9,16H;1-5,10H. The maximum atomic E-state index is 10.2. The molecular formula is C98H74N14O7. The first kappa shape index (κ1) is 74.9. The molecule has 0 aliphatic rings. The third-order valence-electron chi connectivity index (χ3n) is 20.0. The van der Waals surface area contributed by atoms with Gasteiger partial charge in [-0.05, 0) is 192 Å². The normalized spacial score (nSPS) is 11.0. The lowest BCUT2D eigenvalue weighted by atomic mass is 10.0. The molecule has 0 unspecified atom stereocenters. The second-order valence-corrected chi connectivity index (χ2v) is 27.6. The highest BCUT2D eigenvalue weighted by Gasteiger charge is 2.17. The minimum absolute atomic E-state index is 0.215. The van der Waals surface area contributed by atoms with Crippen molar-refractivity contribution in [2.75, 3.05) is 0 Å². The highest BCUT2D eigenvalue weighted by Crippen LogP contribution is 2.38. The van der Waals surface area contributed by atoms with Crippen LogP contribution in [0.1, 0.15) is 5.69 Å². The van der Waals surface area contributed by atoms with Gasteiger partial charge in [-0.3, -0.25) is 4.40 Å². The van der Waals surface area contributed by atoms with Crippen molar-refractivity contribution in [2.24, 2.45) is 0 Å². The number of benzene rings is 9. The predicted molar refractivity (Wildman–Crippen MR) is 468 cm³/mol. The van der Waals surface area contributed by atoms with Gasteiger partial charge in [0.2, 0.25) is 0 Å². The van der Waals surface area contributed by atoms with E-state index in [9.17, 15) is 35.7 Å². The van der Waals surface area contributed by atoms with Gasteiger partial charge in [-0.25, -0.2) is 34.9 Å². The van der Waals surface area contributed by atoms with E-state index in [0.717, 1.165) is 134 Å². The first-order chi connectivity index (χ1) is 58.3. The van der Waals surface area contributed by atoms with Gasteiger partial charge in [0, 0.05) is 108 Å². The molecule has 0 fully saturated rings. The molecule has 0 atom stereocenters. The number of aryl methyl sites for hydroxylation is 1. The van der Waals surface area contributed by atoms with Crippen molar-refractivity contribution in [1.82, 2.24) is 65.7 Å². The lowest BCUT2D eigenvalue weighted by Crippen LogP contribution is -1.86. The molecule has 21 nitrogen and oxygen atoms in total. The molecule has 21 heteroatoms. The summed E-state index contributed by atoms with van der Waals surface area (Å²) in [5.41, 5.74) is 17.5. The van der Waals surface area contributed by atoms with Crippen LogP contribution in [0.25, 0.3) is 139 Å². The van der Waals surface area contributed by atoms with E-state index in [1.807, 2.05) is 315 Å². The summed E-state index contributed by atoms with van der Waals surface area (Å²) in [5.74, 6) is 1.75. The van der Waals surface area contributed by atoms with E-state index in [2.05, 4.69) is 57.5 Å². The van der Waals surface area contributed by atoms with Gasteiger partial charge in [0.25, 0.3) is 0 Å². The van der Waals surface area contributed by atoms with E-state index in [0.29, 0.717) is 5.65 Å². The number of para-hydroxylation sites is 5. The zero-order valence-electron chi connectivity index (χ0n) is 63.8. The highest BCUT2D eigenvalue weighted by atomic mass is 16.3. The Kier molecular flexibility index (Phi) is 21.1. The van der Waals surface area contributed by atoms with Gasteiger partial charge in [-0.2, -0.15) is 0 Å². The molecule has 14 aromatic heterocycles. The fourth-order valence-corrected chi connectivity index (χ4v) is 14.1. The smallest absolute Gasteiger partial charge is 0.179 e. The van der Waals surface area contributed by atoms with Crippen LogP contribution < -0.4 is 0 Å². The predicted octanol–water partition coefficient (Wildman–Crippen LogP) is 21.0. The number of imidazole rings is 7. The van der Waals surface area contributed by atoms with Gasteiger partial charge in [-0.15, -0.1) is 0 Å². The Hall–Kier alpha value is -16.8. The van der Waals surface area contributed by atoms with E-state index >= 15 is 0 Å². The maximum absolute atomic E-state index is 10.2. The number of fused-ring (bicyclic) bond motifs is 11. The van der Waals surface area contributed by atoms with Crippen molar-refractivity contribution in [3.8, 4) is 108 Å². The number of phenols is 6. The van der Waals surface area contributed by atoms with Gasteiger partial charge in [0.05, 0.1) is 57.1 Å². The van der Waals surface area contributed by atoms with Crippen molar-refractivity contribution in [3.63, 3.8) is 0 Å². The fourth-order valence-electron chi connectivity index (χ4n) is 14.1. The van der Waals surface area contributed by atoms with Crippen LogP contribution in [0.4, 0.5) is 0 Å². The SMILES string of the molecule is Cc1cccc2nc(-c3ccccc3O)cn12.Oc1cc2ccccc2cc1-c1cn2ccccc2n1.Oc1ccc2ccccc2c1-c1cn2ccccc2n1.Oc1ccccc1-c1cn2c(ccc3ccccc32)n1.Oc1ccccc1-c1cn2ccccc2n1.Oc1ccccc1-c1ncn2ccccc12.Oc1cccn2ccnc12. The monoisotopic (exact) mass is 1560 g/mol. The zero-order chi connectivity index (χ0) is 81.3. The number of phenolic OH excluding ortho intramolecular Hbond substituents is 6. The molecule has 9 aromatic carbocycles. The number of aromatic hydroxyl groups is 7. The molecule has 0 bridgehead atoms. The first-order valence-electron chi connectivity index (χ1n) is 38.0. The Labute approximate surface area is 679 Å². The minimum atomic E-state index is 0.215. The molecule has 0 radical (unpaired) electrons. The quantitative estimate of drug-likeness (QED) is 0.0817. The summed E-state index contributed by atoms with van der Waals surface area (Å²) < 4.78 is 13.6. The van der Waals surface area contributed by atoms with Crippen LogP contribution in [0, 0.1) is 6.92 Å². The number of hydrogen-bond donors (Lipinski definition) is 7. The topological polar surface area (TPSA) is 263 Å². The average Bonchev–Trinajstić information content (AvgIpc) is 1.71. The lowest BCUT2D eigenvalue weighted by Gasteiger charge is -2.06. The second kappa shape index (κ2) is 33.5. The van der Waals surface area contributed by atoms with Gasteiger partial charge < -0.3 is 62.1 Å². The molecule has 0 aliphatic heterocycles. The Morgan fingerprint density at radius 2 is 0.681 bits per heavy atom. The molecule has 578 valence electrons. The number of aromatic nitrogens is 14. The summed E-state index contributed by atoms with van der Waals surface area (Å²) in [6, 6.07) is 97.4. The molecule has 23 aromatic rings. The molecule has 7 N–H and O–H groups in total. The number of hydrogen-bond acceptors (Lipinski definition) is 14. The first-order valence-corrected chi connectivity index (χ1v) is 38.0. The third kappa shape index (κ3) is 16.0. The highest BCUT2D eigenvalue weighted by molar-refractivity contribution is 5.99. The van der Waals surface area contributed by atoms with Crippen LogP contribution >= 0.6 is 0 Å². The summed E-state index contributed by atoms with van der Waals surface area (Å²) >= 11 is 0. The number of rotatable bonds is 6. The van der Waals surface area contributed by atoms with Crippen molar-refractivity contribution < 1.29 is 35.7 Å². The minimum Gasteiger partial charge on any atom is -0.507 e. The van der Waals surface area contributed by atoms with E-state index in [1.54, 1.807) is 89.9 Å². The van der Waals surface area contributed by atoms with Crippen LogP contribution in [-0.4, -0.2) is 101 Å². The Morgan fingerprint density at radius 1 is 0.252 bits per heavy atom. The Bertz CT molecular complexity index is 7450. The van der Waals surface area contributed by atoms with E-state index in [-0.39, 0.29) is 40.2 Å². The maximum Gasteiger partial charge on any atom is 0.179 e. The largest absolute Gasteiger partial charge is 0.507 e. The van der Waals surface area contributed by atoms with Gasteiger partial charge >= 0.3 is 0 Å². The molecular weight excluding hydrogens is 1490 g/mol. The van der Waals surface area contributed by atoms with Crippen LogP contribution in [0.15, 0.2) is 390 Å². The molecule has 0 spiro atoms. The lowest BCUT2D eigenvalue weighted by molar-refractivity contribution is 0.476. The summed E-state index contributed by atoms with van der Waals surface area (Å²) in [5, 5.41) is 74.3. The molecule has 14 heterocycles. The summed E-state index contributed by atoms with van der Waals surface area (Å²) in [4.78, 5) is 31.0. The number of nitrogens with zero attached hydrogens (tertiary/aromatic N) is 14. The van der Waals surface area contributed by atoms with Crippen molar-refractivity contribution in [1.29, 1.82) is 0 Å². The second-order valence-electron chi connectivity index (χ2n) is 27.6.